The van der Waals surface area contributed by atoms with E-state index in [1.165, 1.54) is 16.4 Å². The average Bonchev–Trinajstić information content (AvgIpc) is 2.69. The van der Waals surface area contributed by atoms with Crippen molar-refractivity contribution in [3.8, 4) is 0 Å². The van der Waals surface area contributed by atoms with E-state index >= 15 is 0 Å². The van der Waals surface area contributed by atoms with E-state index in [-0.39, 0.29) is 11.4 Å². The van der Waals surface area contributed by atoms with E-state index < -0.39 is 15.9 Å². The highest BCUT2D eigenvalue weighted by Crippen LogP contribution is 2.26. The van der Waals surface area contributed by atoms with Gasteiger partial charge in [-0.15, -0.1) is 0 Å². The number of nitrogens with one attached hydrogen (secondary N) is 1. The Morgan fingerprint density at radius 3 is 2.07 bits per heavy atom. The van der Waals surface area contributed by atoms with Gasteiger partial charge in [-0.2, -0.15) is 0 Å². The molecule has 0 atom stereocenters. The molecule has 0 fully saturated rings. The first-order valence-corrected chi connectivity index (χ1v) is 11.1. The van der Waals surface area contributed by atoms with Crippen LogP contribution in [0.15, 0.2) is 71.6 Å². The fraction of sp³-hybridized carbons (Fsp3) is 0.208. The Balaban J connectivity index is 1.97. The van der Waals surface area contributed by atoms with Crippen molar-refractivity contribution in [1.29, 1.82) is 0 Å². The first kappa shape index (κ1) is 21.6. The number of nitrogens with zero attached hydrogens (tertiary/aromatic N) is 1. The van der Waals surface area contributed by atoms with Gasteiger partial charge in [-0.3, -0.25) is 9.10 Å². The molecule has 0 saturated carbocycles. The highest BCUT2D eigenvalue weighted by atomic mass is 32.2. The largest absolute Gasteiger partial charge is 0.325 e. The third kappa shape index (κ3) is 4.89. The second-order valence-electron chi connectivity index (χ2n) is 7.52. The Morgan fingerprint density at radius 1 is 0.833 bits per heavy atom. The number of rotatable bonds is 6. The lowest BCUT2D eigenvalue weighted by Crippen LogP contribution is -2.38. The molecule has 0 heterocycles. The molecule has 0 unspecified atom stereocenters. The lowest BCUT2D eigenvalue weighted by atomic mass is 10.1. The van der Waals surface area contributed by atoms with Gasteiger partial charge in [0.2, 0.25) is 5.91 Å². The number of carbonyl (C=O) groups excluding carboxylic acids is 1. The van der Waals surface area contributed by atoms with E-state index in [4.69, 9.17) is 0 Å². The molecule has 30 heavy (non-hydrogen) atoms. The van der Waals surface area contributed by atoms with Crippen molar-refractivity contribution in [2.75, 3.05) is 16.2 Å². The molecule has 3 aromatic carbocycles. The molecule has 0 aliphatic carbocycles. The van der Waals surface area contributed by atoms with Crippen LogP contribution in [0.4, 0.5) is 11.4 Å². The van der Waals surface area contributed by atoms with Crippen LogP contribution < -0.4 is 9.62 Å². The second-order valence-corrected chi connectivity index (χ2v) is 9.38. The maximum Gasteiger partial charge on any atom is 0.264 e. The molecule has 3 aromatic rings. The maximum atomic E-state index is 13.4. The first-order chi connectivity index (χ1) is 14.2. The fourth-order valence-electron chi connectivity index (χ4n) is 3.28. The standard InChI is InChI=1S/C24H26N2O3S/c1-17-12-18(2)14-22(13-17)26(30(28,29)23-8-6-5-7-9-23)16-24(27)25-21-11-10-19(3)20(4)15-21/h5-15H,16H2,1-4H3,(H,25,27). The predicted molar refractivity (Wildman–Crippen MR) is 121 cm³/mol. The van der Waals surface area contributed by atoms with E-state index in [1.807, 2.05) is 52.0 Å². The molecule has 0 bridgehead atoms. The zero-order chi connectivity index (χ0) is 21.9. The molecule has 1 amide bonds. The Bertz CT molecular complexity index is 1150. The summed E-state index contributed by atoms with van der Waals surface area (Å²) >= 11 is 0. The number of carbonyl (C=O) groups is 1. The zero-order valence-corrected chi connectivity index (χ0v) is 18.5. The fourth-order valence-corrected chi connectivity index (χ4v) is 4.71. The molecule has 0 saturated heterocycles. The van der Waals surface area contributed by atoms with E-state index in [0.717, 1.165) is 22.3 Å². The van der Waals surface area contributed by atoms with Gasteiger partial charge in [0.1, 0.15) is 6.54 Å². The number of aryl methyl sites for hydroxylation is 4. The van der Waals surface area contributed by atoms with Crippen LogP contribution in [0, 0.1) is 27.7 Å². The molecule has 0 spiro atoms. The predicted octanol–water partition coefficient (Wildman–Crippen LogP) is 4.75. The van der Waals surface area contributed by atoms with Crippen LogP contribution in [-0.4, -0.2) is 20.9 Å². The van der Waals surface area contributed by atoms with Crippen molar-refractivity contribution in [2.45, 2.75) is 32.6 Å². The van der Waals surface area contributed by atoms with Gasteiger partial charge in [-0.05, 0) is 86.3 Å². The molecule has 3 rings (SSSR count). The van der Waals surface area contributed by atoms with Crippen molar-refractivity contribution in [1.82, 2.24) is 0 Å². The molecule has 156 valence electrons. The summed E-state index contributed by atoms with van der Waals surface area (Å²) in [5.74, 6) is -0.406. The summed E-state index contributed by atoms with van der Waals surface area (Å²) in [6, 6.07) is 19.3. The molecule has 0 radical (unpaired) electrons. The van der Waals surface area contributed by atoms with Crippen LogP contribution in [0.1, 0.15) is 22.3 Å². The van der Waals surface area contributed by atoms with E-state index in [0.29, 0.717) is 11.4 Å². The number of hydrogen-bond acceptors (Lipinski definition) is 3. The van der Waals surface area contributed by atoms with Gasteiger partial charge in [0.25, 0.3) is 10.0 Å². The van der Waals surface area contributed by atoms with Crippen LogP contribution in [0.2, 0.25) is 0 Å². The molecule has 0 aliphatic heterocycles. The number of anilines is 2. The Morgan fingerprint density at radius 2 is 1.47 bits per heavy atom. The lowest BCUT2D eigenvalue weighted by Gasteiger charge is -2.25. The van der Waals surface area contributed by atoms with Gasteiger partial charge in [-0.25, -0.2) is 8.42 Å². The van der Waals surface area contributed by atoms with E-state index in [9.17, 15) is 13.2 Å². The normalized spacial score (nSPS) is 11.2. The lowest BCUT2D eigenvalue weighted by molar-refractivity contribution is -0.114. The Kier molecular flexibility index (Phi) is 6.27. The summed E-state index contributed by atoms with van der Waals surface area (Å²) in [5.41, 5.74) is 5.13. The zero-order valence-electron chi connectivity index (χ0n) is 17.6. The summed E-state index contributed by atoms with van der Waals surface area (Å²) in [7, 11) is -3.92. The third-order valence-corrected chi connectivity index (χ3v) is 6.69. The van der Waals surface area contributed by atoms with Crippen LogP contribution in [0.25, 0.3) is 0 Å². The van der Waals surface area contributed by atoms with Crippen LogP contribution in [0.5, 0.6) is 0 Å². The monoisotopic (exact) mass is 422 g/mol. The summed E-state index contributed by atoms with van der Waals surface area (Å²) in [5, 5.41) is 2.82. The number of benzene rings is 3. The van der Waals surface area contributed by atoms with Gasteiger partial charge < -0.3 is 5.32 Å². The number of hydrogen-bond donors (Lipinski definition) is 1. The smallest absolute Gasteiger partial charge is 0.264 e. The summed E-state index contributed by atoms with van der Waals surface area (Å²) in [6.07, 6.45) is 0. The molecular weight excluding hydrogens is 396 g/mol. The van der Waals surface area contributed by atoms with Gasteiger partial charge in [-0.1, -0.05) is 30.3 Å². The highest BCUT2D eigenvalue weighted by Gasteiger charge is 2.27. The van der Waals surface area contributed by atoms with Gasteiger partial charge in [0.05, 0.1) is 10.6 Å². The number of sulfonamides is 1. The number of amides is 1. The highest BCUT2D eigenvalue weighted by molar-refractivity contribution is 7.92. The summed E-state index contributed by atoms with van der Waals surface area (Å²) < 4.78 is 27.9. The van der Waals surface area contributed by atoms with Crippen LogP contribution in [0.3, 0.4) is 0 Å². The van der Waals surface area contributed by atoms with E-state index in [1.54, 1.807) is 30.3 Å². The average molecular weight is 423 g/mol. The van der Waals surface area contributed by atoms with Crippen LogP contribution >= 0.6 is 0 Å². The Hall–Kier alpha value is -3.12. The molecule has 0 aromatic heterocycles. The van der Waals surface area contributed by atoms with Gasteiger partial charge in [0.15, 0.2) is 0 Å². The minimum Gasteiger partial charge on any atom is -0.325 e. The summed E-state index contributed by atoms with van der Waals surface area (Å²) in [4.78, 5) is 13.0. The van der Waals surface area contributed by atoms with Crippen molar-refractivity contribution in [2.24, 2.45) is 0 Å². The molecule has 1 N–H and O–H groups in total. The third-order valence-electron chi connectivity index (χ3n) is 4.90. The molecule has 6 heteroatoms. The SMILES string of the molecule is Cc1cc(C)cc(N(CC(=O)Nc2ccc(C)c(C)c2)S(=O)(=O)c2ccccc2)c1. The quantitative estimate of drug-likeness (QED) is 0.623. The van der Waals surface area contributed by atoms with E-state index in [2.05, 4.69) is 5.32 Å². The molecule has 5 nitrogen and oxygen atoms in total. The first-order valence-electron chi connectivity index (χ1n) is 9.70. The molecule has 0 aliphatic rings. The van der Waals surface area contributed by atoms with Crippen molar-refractivity contribution in [3.63, 3.8) is 0 Å². The van der Waals surface area contributed by atoms with Crippen molar-refractivity contribution in [3.05, 3.63) is 89.0 Å². The van der Waals surface area contributed by atoms with Crippen LogP contribution in [-0.2, 0) is 14.8 Å². The van der Waals surface area contributed by atoms with Gasteiger partial charge >= 0.3 is 0 Å². The molecular formula is C24H26N2O3S. The maximum absolute atomic E-state index is 13.4. The minimum atomic E-state index is -3.92. The second kappa shape index (κ2) is 8.71. The Labute approximate surface area is 178 Å². The topological polar surface area (TPSA) is 66.5 Å². The van der Waals surface area contributed by atoms with Crippen molar-refractivity contribution < 1.29 is 13.2 Å². The van der Waals surface area contributed by atoms with Gasteiger partial charge in [0, 0.05) is 5.69 Å². The summed E-state index contributed by atoms with van der Waals surface area (Å²) in [6.45, 7) is 7.44. The van der Waals surface area contributed by atoms with Crippen molar-refractivity contribution >= 4 is 27.3 Å². The minimum absolute atomic E-state index is 0.142.